The molecule has 2 rings (SSSR count). The van der Waals surface area contributed by atoms with Gasteiger partial charge in [-0.25, -0.2) is 4.39 Å². The molecule has 3 nitrogen and oxygen atoms in total. The number of aromatic nitrogens is 1. The number of rotatable bonds is 2. The summed E-state index contributed by atoms with van der Waals surface area (Å²) >= 11 is 0. The molecule has 0 atom stereocenters. The Morgan fingerprint density at radius 2 is 1.85 bits per heavy atom. The van der Waals surface area contributed by atoms with E-state index in [1.165, 1.54) is 18.3 Å². The Morgan fingerprint density at radius 1 is 1.15 bits per heavy atom. The van der Waals surface area contributed by atoms with Crippen LogP contribution in [0.1, 0.15) is 21.6 Å². The van der Waals surface area contributed by atoms with Gasteiger partial charge in [0.2, 0.25) is 5.78 Å². The molecular weight excluding hydrogens is 276 g/mol. The smallest absolute Gasteiger partial charge is 0.397 e. The van der Waals surface area contributed by atoms with E-state index in [9.17, 15) is 22.4 Å². The first-order valence-electron chi connectivity index (χ1n) is 5.42. The van der Waals surface area contributed by atoms with Gasteiger partial charge in [-0.05, 0) is 30.3 Å². The van der Waals surface area contributed by atoms with Gasteiger partial charge in [0, 0.05) is 5.56 Å². The number of benzene rings is 1. The number of anilines is 1. The fourth-order valence-corrected chi connectivity index (χ4v) is 1.57. The number of hydrogen-bond acceptors (Lipinski definition) is 3. The summed E-state index contributed by atoms with van der Waals surface area (Å²) in [5, 5.41) is 0. The van der Waals surface area contributed by atoms with Crippen LogP contribution in [0.3, 0.4) is 0 Å². The molecular formula is C13H8F4N2O. The third-order valence-electron chi connectivity index (χ3n) is 2.55. The minimum Gasteiger partial charge on any atom is -0.397 e. The highest BCUT2D eigenvalue weighted by atomic mass is 19.4. The number of halogens is 4. The van der Waals surface area contributed by atoms with Crippen molar-refractivity contribution in [1.82, 2.24) is 4.98 Å². The van der Waals surface area contributed by atoms with Gasteiger partial charge in [-0.2, -0.15) is 13.2 Å². The molecule has 2 N–H and O–H groups in total. The molecule has 7 heteroatoms. The summed E-state index contributed by atoms with van der Waals surface area (Å²) in [4.78, 5) is 15.7. The maximum absolute atomic E-state index is 13.1. The number of nitrogens with zero attached hydrogens (tertiary/aromatic N) is 1. The quantitative estimate of drug-likeness (QED) is 0.681. The van der Waals surface area contributed by atoms with E-state index in [1.807, 2.05) is 0 Å². The topological polar surface area (TPSA) is 56.0 Å². The first kappa shape index (κ1) is 14.0. The second-order valence-electron chi connectivity index (χ2n) is 4.00. The standard InChI is InChI=1S/C13H8F4N2O/c14-10-3-1-7(5-9(10)13(15,16)17)12(20)11-4-2-8(18)6-19-11/h1-6H,18H2. The van der Waals surface area contributed by atoms with Gasteiger partial charge in [0.15, 0.2) is 0 Å². The molecule has 0 aliphatic carbocycles. The zero-order chi connectivity index (χ0) is 14.9. The molecule has 1 aromatic carbocycles. The fraction of sp³-hybridized carbons (Fsp3) is 0.0769. The maximum Gasteiger partial charge on any atom is 0.419 e. The molecule has 1 heterocycles. The highest BCUT2D eigenvalue weighted by molar-refractivity contribution is 6.07. The van der Waals surface area contributed by atoms with Gasteiger partial charge in [0.25, 0.3) is 0 Å². The largest absolute Gasteiger partial charge is 0.419 e. The first-order chi connectivity index (χ1) is 9.29. The minimum absolute atomic E-state index is 0.0704. The van der Waals surface area contributed by atoms with Gasteiger partial charge in [0.05, 0.1) is 17.4 Å². The molecule has 104 valence electrons. The molecule has 0 aliphatic rings. The molecule has 0 spiro atoms. The van der Waals surface area contributed by atoms with Crippen molar-refractivity contribution >= 4 is 11.5 Å². The Hall–Kier alpha value is -2.44. The van der Waals surface area contributed by atoms with E-state index in [0.29, 0.717) is 17.8 Å². The lowest BCUT2D eigenvalue weighted by molar-refractivity contribution is -0.140. The van der Waals surface area contributed by atoms with Crippen molar-refractivity contribution < 1.29 is 22.4 Å². The van der Waals surface area contributed by atoms with Crippen molar-refractivity contribution in [3.63, 3.8) is 0 Å². The molecule has 2 aromatic rings. The van der Waals surface area contributed by atoms with Crippen molar-refractivity contribution in [1.29, 1.82) is 0 Å². The average Bonchev–Trinajstić information content (AvgIpc) is 2.38. The highest BCUT2D eigenvalue weighted by Crippen LogP contribution is 2.32. The van der Waals surface area contributed by atoms with E-state index in [2.05, 4.69) is 4.98 Å². The highest BCUT2D eigenvalue weighted by Gasteiger charge is 2.34. The van der Waals surface area contributed by atoms with Crippen LogP contribution >= 0.6 is 0 Å². The van der Waals surface area contributed by atoms with Gasteiger partial charge in [-0.1, -0.05) is 0 Å². The summed E-state index contributed by atoms with van der Waals surface area (Å²) in [6.07, 6.45) is -3.66. The molecule has 0 saturated heterocycles. The second kappa shape index (κ2) is 4.92. The third-order valence-corrected chi connectivity index (χ3v) is 2.55. The molecule has 1 aromatic heterocycles. The SMILES string of the molecule is Nc1ccc(C(=O)c2ccc(F)c(C(F)(F)F)c2)nc1. The fourth-order valence-electron chi connectivity index (χ4n) is 1.57. The van der Waals surface area contributed by atoms with Crippen LogP contribution in [-0.4, -0.2) is 10.8 Å². The molecule has 20 heavy (non-hydrogen) atoms. The van der Waals surface area contributed by atoms with Crippen LogP contribution in [0.4, 0.5) is 23.2 Å². The van der Waals surface area contributed by atoms with Crippen LogP contribution in [-0.2, 0) is 6.18 Å². The molecule has 0 bridgehead atoms. The molecule has 0 saturated carbocycles. The van der Waals surface area contributed by atoms with E-state index in [4.69, 9.17) is 5.73 Å². The van der Waals surface area contributed by atoms with Crippen molar-refractivity contribution in [2.75, 3.05) is 5.73 Å². The number of carbonyl (C=O) groups excluding carboxylic acids is 1. The van der Waals surface area contributed by atoms with Gasteiger partial charge in [-0.3, -0.25) is 9.78 Å². The zero-order valence-corrected chi connectivity index (χ0v) is 9.91. The molecule has 0 fully saturated rings. The molecule has 0 aliphatic heterocycles. The second-order valence-corrected chi connectivity index (χ2v) is 4.00. The number of ketones is 1. The average molecular weight is 284 g/mol. The van der Waals surface area contributed by atoms with Crippen molar-refractivity contribution in [2.45, 2.75) is 6.18 Å². The lowest BCUT2D eigenvalue weighted by Crippen LogP contribution is -2.11. The van der Waals surface area contributed by atoms with E-state index >= 15 is 0 Å². The minimum atomic E-state index is -4.87. The van der Waals surface area contributed by atoms with Gasteiger partial charge in [-0.15, -0.1) is 0 Å². The Labute approximate surface area is 111 Å². The van der Waals surface area contributed by atoms with E-state index in [-0.39, 0.29) is 11.3 Å². The number of nitrogens with two attached hydrogens (primary N) is 1. The predicted molar refractivity (Wildman–Crippen MR) is 63.5 cm³/mol. The van der Waals surface area contributed by atoms with Crippen LogP contribution in [0.5, 0.6) is 0 Å². The van der Waals surface area contributed by atoms with E-state index in [1.54, 1.807) is 0 Å². The van der Waals surface area contributed by atoms with Crippen LogP contribution < -0.4 is 5.73 Å². The number of alkyl halides is 3. The van der Waals surface area contributed by atoms with Crippen LogP contribution in [0.15, 0.2) is 36.5 Å². The summed E-state index contributed by atoms with van der Waals surface area (Å²) in [5.74, 6) is -2.17. The summed E-state index contributed by atoms with van der Waals surface area (Å²) in [6, 6.07) is 4.73. The van der Waals surface area contributed by atoms with E-state index < -0.39 is 23.3 Å². The first-order valence-corrected chi connectivity index (χ1v) is 5.42. The van der Waals surface area contributed by atoms with Crippen LogP contribution in [0.2, 0.25) is 0 Å². The van der Waals surface area contributed by atoms with Gasteiger partial charge in [0.1, 0.15) is 11.5 Å². The van der Waals surface area contributed by atoms with Gasteiger partial charge >= 0.3 is 6.18 Å². The summed E-state index contributed by atoms with van der Waals surface area (Å²) < 4.78 is 50.8. The summed E-state index contributed by atoms with van der Waals surface area (Å²) in [7, 11) is 0. The lowest BCUT2D eigenvalue weighted by atomic mass is 10.0. The molecule has 0 radical (unpaired) electrons. The Kier molecular flexibility index (Phi) is 3.44. The normalized spacial score (nSPS) is 11.4. The van der Waals surface area contributed by atoms with Crippen LogP contribution in [0, 0.1) is 5.82 Å². The monoisotopic (exact) mass is 284 g/mol. The lowest BCUT2D eigenvalue weighted by Gasteiger charge is -2.09. The number of pyridine rings is 1. The maximum atomic E-state index is 13.1. The van der Waals surface area contributed by atoms with Gasteiger partial charge < -0.3 is 5.73 Å². The van der Waals surface area contributed by atoms with Crippen molar-refractivity contribution in [3.05, 3.63) is 59.2 Å². The Morgan fingerprint density at radius 3 is 2.40 bits per heavy atom. The van der Waals surface area contributed by atoms with Crippen LogP contribution in [0.25, 0.3) is 0 Å². The number of nitrogen functional groups attached to an aromatic ring is 1. The predicted octanol–water partition coefficient (Wildman–Crippen LogP) is 3.05. The summed E-state index contributed by atoms with van der Waals surface area (Å²) in [5.41, 5.74) is 3.86. The Bertz CT molecular complexity index is 650. The number of carbonyl (C=O) groups is 1. The van der Waals surface area contributed by atoms with E-state index in [0.717, 1.165) is 6.07 Å². The molecule has 0 amide bonds. The third kappa shape index (κ3) is 2.76. The van der Waals surface area contributed by atoms with Crippen molar-refractivity contribution in [3.8, 4) is 0 Å². The zero-order valence-electron chi connectivity index (χ0n) is 9.91. The van der Waals surface area contributed by atoms with Crippen molar-refractivity contribution in [2.24, 2.45) is 0 Å². The Balaban J connectivity index is 2.43. The number of hydrogen-bond donors (Lipinski definition) is 1. The molecule has 0 unspecified atom stereocenters. The summed E-state index contributed by atoms with van der Waals surface area (Å²) in [6.45, 7) is 0.